The van der Waals surface area contributed by atoms with Crippen molar-refractivity contribution in [2.45, 2.75) is 58.7 Å². The van der Waals surface area contributed by atoms with Gasteiger partial charge in [-0.15, -0.1) is 0 Å². The van der Waals surface area contributed by atoms with Crippen LogP contribution in [0.5, 0.6) is 0 Å². The van der Waals surface area contributed by atoms with E-state index in [0.29, 0.717) is 0 Å². The van der Waals surface area contributed by atoms with Gasteiger partial charge in [0, 0.05) is 12.2 Å². The summed E-state index contributed by atoms with van der Waals surface area (Å²) in [6, 6.07) is 1.95. The van der Waals surface area contributed by atoms with Crippen molar-refractivity contribution >= 4 is 5.91 Å². The molecule has 2 unspecified atom stereocenters. The number of amides is 1. The van der Waals surface area contributed by atoms with E-state index in [4.69, 9.17) is 0 Å². The molecule has 0 N–H and O–H groups in total. The fraction of sp³-hybridized carbons (Fsp3) is 0.625. The minimum atomic E-state index is -0.321. The normalized spacial score (nSPS) is 19.8. The van der Waals surface area contributed by atoms with E-state index < -0.39 is 0 Å². The maximum absolute atomic E-state index is 12.9. The van der Waals surface area contributed by atoms with Crippen LogP contribution in [0.4, 0.5) is 0 Å². The molecule has 2 aromatic rings. The summed E-state index contributed by atoms with van der Waals surface area (Å²) in [5, 5.41) is 8.64. The van der Waals surface area contributed by atoms with E-state index in [2.05, 4.69) is 28.2 Å². The van der Waals surface area contributed by atoms with Crippen LogP contribution in [0.2, 0.25) is 0 Å². The molecule has 1 aliphatic rings. The van der Waals surface area contributed by atoms with E-state index in [1.54, 1.807) is 11.0 Å². The second-order valence-corrected chi connectivity index (χ2v) is 6.34. The number of nitrogens with zero attached hydrogens (tertiary/aromatic N) is 6. The van der Waals surface area contributed by atoms with Gasteiger partial charge in [-0.1, -0.05) is 0 Å². The van der Waals surface area contributed by atoms with Gasteiger partial charge >= 0.3 is 0 Å². The monoisotopic (exact) mass is 316 g/mol. The van der Waals surface area contributed by atoms with Crippen molar-refractivity contribution in [2.75, 3.05) is 6.54 Å². The highest BCUT2D eigenvalue weighted by molar-refractivity contribution is 5.80. The molecule has 0 radical (unpaired) electrons. The van der Waals surface area contributed by atoms with Crippen molar-refractivity contribution in [2.24, 2.45) is 0 Å². The molecule has 3 rings (SSSR count). The molecule has 0 spiro atoms. The molecule has 0 bridgehead atoms. The number of aryl methyl sites for hydroxylation is 2. The first-order chi connectivity index (χ1) is 11.1. The summed E-state index contributed by atoms with van der Waals surface area (Å²) in [7, 11) is 0. The minimum Gasteiger partial charge on any atom is -0.336 e. The Balaban J connectivity index is 1.75. The van der Waals surface area contributed by atoms with Gasteiger partial charge in [0.15, 0.2) is 0 Å². The van der Waals surface area contributed by atoms with E-state index in [0.717, 1.165) is 43.7 Å². The maximum Gasteiger partial charge on any atom is 0.247 e. The van der Waals surface area contributed by atoms with Crippen molar-refractivity contribution in [3.05, 3.63) is 30.1 Å². The van der Waals surface area contributed by atoms with Gasteiger partial charge in [-0.05, 0) is 46.1 Å². The van der Waals surface area contributed by atoms with Gasteiger partial charge in [-0.3, -0.25) is 9.48 Å². The molecule has 124 valence electrons. The molecule has 7 nitrogen and oxygen atoms in total. The Morgan fingerprint density at radius 1 is 1.39 bits per heavy atom. The molecule has 7 heteroatoms. The Kier molecular flexibility index (Phi) is 4.45. The smallest absolute Gasteiger partial charge is 0.247 e. The molecule has 3 heterocycles. The first-order valence-electron chi connectivity index (χ1n) is 8.22. The minimum absolute atomic E-state index is 0.113. The Hall–Kier alpha value is -2.18. The van der Waals surface area contributed by atoms with E-state index in [-0.39, 0.29) is 18.0 Å². The molecule has 1 saturated heterocycles. The summed E-state index contributed by atoms with van der Waals surface area (Å²) in [4.78, 5) is 18.8. The van der Waals surface area contributed by atoms with Gasteiger partial charge in [0.25, 0.3) is 0 Å². The average Bonchev–Trinajstić information content (AvgIpc) is 3.17. The van der Waals surface area contributed by atoms with Gasteiger partial charge in [0.1, 0.15) is 18.7 Å². The summed E-state index contributed by atoms with van der Waals surface area (Å²) in [5.41, 5.74) is 2.16. The van der Waals surface area contributed by atoms with E-state index in [1.165, 1.54) is 6.33 Å². The number of piperidine rings is 1. The lowest BCUT2D eigenvalue weighted by Gasteiger charge is -2.37. The number of hydrogen-bond donors (Lipinski definition) is 0. The SMILES string of the molecule is Cc1cc(C)n(CC2CCCCN2C(=O)C(C)n2cncn2)n1. The predicted octanol–water partition coefficient (Wildman–Crippen LogP) is 1.73. The van der Waals surface area contributed by atoms with Crippen molar-refractivity contribution in [1.82, 2.24) is 29.4 Å². The lowest BCUT2D eigenvalue weighted by atomic mass is 10.0. The lowest BCUT2D eigenvalue weighted by Crippen LogP contribution is -2.48. The van der Waals surface area contributed by atoms with Gasteiger partial charge in [-0.25, -0.2) is 9.67 Å². The highest BCUT2D eigenvalue weighted by Gasteiger charge is 2.31. The van der Waals surface area contributed by atoms with Crippen LogP contribution in [-0.4, -0.2) is 47.9 Å². The third kappa shape index (κ3) is 3.28. The second-order valence-electron chi connectivity index (χ2n) is 6.34. The van der Waals surface area contributed by atoms with Crippen molar-refractivity contribution in [3.8, 4) is 0 Å². The number of likely N-dealkylation sites (tertiary alicyclic amines) is 1. The summed E-state index contributed by atoms with van der Waals surface area (Å²) >= 11 is 0. The fourth-order valence-electron chi connectivity index (χ4n) is 3.31. The molecule has 2 atom stereocenters. The topological polar surface area (TPSA) is 68.8 Å². The second kappa shape index (κ2) is 6.52. The molecule has 0 saturated carbocycles. The Morgan fingerprint density at radius 2 is 2.22 bits per heavy atom. The van der Waals surface area contributed by atoms with Crippen LogP contribution in [0.25, 0.3) is 0 Å². The van der Waals surface area contributed by atoms with Crippen molar-refractivity contribution in [1.29, 1.82) is 0 Å². The van der Waals surface area contributed by atoms with Crippen molar-refractivity contribution in [3.63, 3.8) is 0 Å². The van der Waals surface area contributed by atoms with E-state index >= 15 is 0 Å². The van der Waals surface area contributed by atoms with Gasteiger partial charge in [0.2, 0.25) is 5.91 Å². The zero-order valence-electron chi connectivity index (χ0n) is 14.0. The molecular formula is C16H24N6O. The molecular weight excluding hydrogens is 292 g/mol. The third-order valence-electron chi connectivity index (χ3n) is 4.59. The Morgan fingerprint density at radius 3 is 2.87 bits per heavy atom. The van der Waals surface area contributed by atoms with Crippen LogP contribution >= 0.6 is 0 Å². The molecule has 0 aromatic carbocycles. The van der Waals surface area contributed by atoms with Gasteiger partial charge in [-0.2, -0.15) is 10.2 Å². The molecule has 23 heavy (non-hydrogen) atoms. The van der Waals surface area contributed by atoms with Crippen molar-refractivity contribution < 1.29 is 4.79 Å². The lowest BCUT2D eigenvalue weighted by molar-refractivity contribution is -0.138. The molecule has 0 aliphatic carbocycles. The van der Waals surface area contributed by atoms with E-state index in [1.807, 2.05) is 23.4 Å². The van der Waals surface area contributed by atoms with Crippen LogP contribution in [0.15, 0.2) is 18.7 Å². The zero-order chi connectivity index (χ0) is 16.4. The summed E-state index contributed by atoms with van der Waals surface area (Å²) in [6.45, 7) is 7.51. The zero-order valence-corrected chi connectivity index (χ0v) is 14.0. The number of aromatic nitrogens is 5. The summed E-state index contributed by atoms with van der Waals surface area (Å²) < 4.78 is 3.64. The quantitative estimate of drug-likeness (QED) is 0.861. The molecule has 1 fully saturated rings. The third-order valence-corrected chi connectivity index (χ3v) is 4.59. The summed E-state index contributed by atoms with van der Waals surface area (Å²) in [6.07, 6.45) is 6.30. The Labute approximate surface area is 136 Å². The Bertz CT molecular complexity index is 662. The number of rotatable bonds is 4. The molecule has 1 amide bonds. The van der Waals surface area contributed by atoms with Gasteiger partial charge in [0.05, 0.1) is 18.3 Å². The highest BCUT2D eigenvalue weighted by Crippen LogP contribution is 2.22. The van der Waals surface area contributed by atoms with Gasteiger partial charge < -0.3 is 4.90 Å². The highest BCUT2D eigenvalue weighted by atomic mass is 16.2. The van der Waals surface area contributed by atoms with Crippen LogP contribution < -0.4 is 0 Å². The summed E-state index contributed by atoms with van der Waals surface area (Å²) in [5.74, 6) is 0.113. The number of hydrogen-bond acceptors (Lipinski definition) is 4. The number of carbonyl (C=O) groups is 1. The van der Waals surface area contributed by atoms with Crippen LogP contribution in [0, 0.1) is 13.8 Å². The van der Waals surface area contributed by atoms with Crippen LogP contribution in [-0.2, 0) is 11.3 Å². The van der Waals surface area contributed by atoms with Crippen LogP contribution in [0.3, 0.4) is 0 Å². The largest absolute Gasteiger partial charge is 0.336 e. The maximum atomic E-state index is 12.9. The number of carbonyl (C=O) groups excluding carboxylic acids is 1. The first-order valence-corrected chi connectivity index (χ1v) is 8.22. The standard InChI is InChI=1S/C16H24N6O/c1-12-8-13(2)21(19-12)9-15-6-4-5-7-20(15)16(23)14(3)22-11-17-10-18-22/h8,10-11,14-15H,4-7,9H2,1-3H3. The molecule has 1 aliphatic heterocycles. The average molecular weight is 316 g/mol. The first kappa shape index (κ1) is 15.7. The van der Waals surface area contributed by atoms with E-state index in [9.17, 15) is 4.79 Å². The molecule has 2 aromatic heterocycles. The van der Waals surface area contributed by atoms with Crippen LogP contribution in [0.1, 0.15) is 43.6 Å². The fourth-order valence-corrected chi connectivity index (χ4v) is 3.31. The predicted molar refractivity (Wildman–Crippen MR) is 85.8 cm³/mol.